The fraction of sp³-hybridized carbons (Fsp3) is 0.0870. The first kappa shape index (κ1) is 22.5. The van der Waals surface area contributed by atoms with Crippen molar-refractivity contribution in [2.24, 2.45) is 0 Å². The molecule has 0 saturated heterocycles. The van der Waals surface area contributed by atoms with Crippen molar-refractivity contribution in [2.75, 3.05) is 5.32 Å². The normalized spacial score (nSPS) is 12.7. The van der Waals surface area contributed by atoms with Gasteiger partial charge in [-0.25, -0.2) is 4.79 Å². The van der Waals surface area contributed by atoms with Gasteiger partial charge >= 0.3 is 5.97 Å². The lowest BCUT2D eigenvalue weighted by molar-refractivity contribution is -0.385. The molecule has 1 heterocycles. The highest BCUT2D eigenvalue weighted by atomic mass is 32.1. The fourth-order valence-corrected chi connectivity index (χ4v) is 4.25. The summed E-state index contributed by atoms with van der Waals surface area (Å²) in [6.07, 6.45) is -1.38. The van der Waals surface area contributed by atoms with Gasteiger partial charge in [-0.15, -0.1) is 11.3 Å². The highest BCUT2D eigenvalue weighted by molar-refractivity contribution is 7.14. The molecule has 0 saturated carbocycles. The third kappa shape index (κ3) is 3.72. The van der Waals surface area contributed by atoms with Crippen LogP contribution in [0.3, 0.4) is 0 Å². The van der Waals surface area contributed by atoms with E-state index in [9.17, 15) is 29.3 Å². The molecule has 11 heteroatoms. The Hall–Kier alpha value is -4.69. The first-order valence-corrected chi connectivity index (χ1v) is 10.6. The Morgan fingerprint density at radius 2 is 1.76 bits per heavy atom. The van der Waals surface area contributed by atoms with Gasteiger partial charge in [0.1, 0.15) is 22.2 Å². The lowest BCUT2D eigenvalue weighted by atomic mass is 9.82. The lowest BCUT2D eigenvalue weighted by Gasteiger charge is -2.18. The van der Waals surface area contributed by atoms with E-state index < -0.39 is 51.3 Å². The lowest BCUT2D eigenvalue weighted by Crippen LogP contribution is -2.30. The van der Waals surface area contributed by atoms with Crippen molar-refractivity contribution in [2.45, 2.75) is 13.0 Å². The van der Waals surface area contributed by atoms with Gasteiger partial charge in [0.2, 0.25) is 5.78 Å². The Morgan fingerprint density at radius 1 is 1.09 bits per heavy atom. The fourth-order valence-electron chi connectivity index (χ4n) is 3.51. The minimum absolute atomic E-state index is 0.00870. The molecule has 10 nitrogen and oxygen atoms in total. The number of ketones is 2. The Labute approximate surface area is 195 Å². The zero-order valence-corrected chi connectivity index (χ0v) is 18.2. The van der Waals surface area contributed by atoms with E-state index in [2.05, 4.69) is 5.32 Å². The van der Waals surface area contributed by atoms with Crippen molar-refractivity contribution in [1.29, 1.82) is 5.26 Å². The summed E-state index contributed by atoms with van der Waals surface area (Å²) in [5, 5.41) is 25.2. The van der Waals surface area contributed by atoms with Crippen LogP contribution in [0.4, 0.5) is 10.7 Å². The number of thiophene rings is 1. The number of amides is 1. The number of carbonyl (C=O) groups excluding carboxylic acids is 4. The van der Waals surface area contributed by atoms with Gasteiger partial charge in [0.25, 0.3) is 11.6 Å². The van der Waals surface area contributed by atoms with Crippen molar-refractivity contribution >= 4 is 45.5 Å². The number of nitro groups is 1. The summed E-state index contributed by atoms with van der Waals surface area (Å²) in [7, 11) is 0. The molecule has 168 valence electrons. The van der Waals surface area contributed by atoms with Gasteiger partial charge in [0.15, 0.2) is 11.9 Å². The number of hydrogen-bond donors (Lipinski definition) is 1. The van der Waals surface area contributed by atoms with Crippen molar-refractivity contribution in [3.05, 3.63) is 91.3 Å². The first-order chi connectivity index (χ1) is 16.2. The van der Waals surface area contributed by atoms with Crippen LogP contribution in [0.15, 0.2) is 47.8 Å². The number of fused-ring (bicyclic) bond motifs is 2. The smallest absolute Gasteiger partial charge is 0.345 e. The van der Waals surface area contributed by atoms with Crippen LogP contribution >= 0.6 is 11.3 Å². The van der Waals surface area contributed by atoms with Gasteiger partial charge in [-0.05, 0) is 30.5 Å². The summed E-state index contributed by atoms with van der Waals surface area (Å²) in [6, 6.07) is 11.5. The van der Waals surface area contributed by atoms with E-state index >= 15 is 0 Å². The summed E-state index contributed by atoms with van der Waals surface area (Å²) >= 11 is 1.10. The number of esters is 1. The second-order valence-electron chi connectivity index (χ2n) is 7.16. The number of nitrogens with zero attached hydrogens (tertiary/aromatic N) is 2. The highest BCUT2D eigenvalue weighted by Gasteiger charge is 2.39. The number of anilines is 1. The largest absolute Gasteiger partial charge is 0.449 e. The summed E-state index contributed by atoms with van der Waals surface area (Å²) < 4.78 is 5.10. The standard InChI is InChI=1S/C23H13N3O7S/c1-11(21(29)25-22-12(10-24)8-9-34-22)33-23(30)16-7-6-15-17(18(16)26(31)32)20(28)14-5-3-2-4-13(14)19(15)27/h2-9,11H,1H3,(H,25,29). The zero-order chi connectivity index (χ0) is 24.6. The molecule has 34 heavy (non-hydrogen) atoms. The quantitative estimate of drug-likeness (QED) is 0.261. The zero-order valence-electron chi connectivity index (χ0n) is 17.4. The van der Waals surface area contributed by atoms with Crippen LogP contribution in [0.1, 0.15) is 54.7 Å². The third-order valence-corrected chi connectivity index (χ3v) is 5.97. The van der Waals surface area contributed by atoms with Crippen LogP contribution in [0.2, 0.25) is 0 Å². The third-order valence-electron chi connectivity index (χ3n) is 5.14. The molecule has 0 radical (unpaired) electrons. The van der Waals surface area contributed by atoms with Crippen molar-refractivity contribution in [1.82, 2.24) is 0 Å². The van der Waals surface area contributed by atoms with E-state index in [4.69, 9.17) is 10.00 Å². The molecular weight excluding hydrogens is 462 g/mol. The molecule has 1 aliphatic carbocycles. The molecule has 2 aromatic carbocycles. The van der Waals surface area contributed by atoms with Crippen molar-refractivity contribution in [3.8, 4) is 6.07 Å². The molecule has 0 aliphatic heterocycles. The van der Waals surface area contributed by atoms with E-state index in [1.807, 2.05) is 6.07 Å². The number of benzene rings is 2. The van der Waals surface area contributed by atoms with E-state index in [1.54, 1.807) is 11.4 Å². The number of nitriles is 1. The molecule has 1 aromatic heterocycles. The highest BCUT2D eigenvalue weighted by Crippen LogP contribution is 2.36. The average molecular weight is 475 g/mol. The maximum atomic E-state index is 13.0. The molecular formula is C23H13N3O7S. The van der Waals surface area contributed by atoms with Crippen LogP contribution in [0, 0.1) is 21.4 Å². The van der Waals surface area contributed by atoms with Crippen LogP contribution in [0.5, 0.6) is 0 Å². The second-order valence-corrected chi connectivity index (χ2v) is 8.07. The Balaban J connectivity index is 1.66. The molecule has 0 spiro atoms. The minimum Gasteiger partial charge on any atom is -0.449 e. The van der Waals surface area contributed by atoms with E-state index in [1.165, 1.54) is 31.2 Å². The van der Waals surface area contributed by atoms with Gasteiger partial charge in [-0.1, -0.05) is 24.3 Å². The van der Waals surface area contributed by atoms with Crippen molar-refractivity contribution < 1.29 is 28.8 Å². The van der Waals surface area contributed by atoms with E-state index in [0.717, 1.165) is 23.5 Å². The molecule has 0 bridgehead atoms. The van der Waals surface area contributed by atoms with Crippen LogP contribution < -0.4 is 5.32 Å². The van der Waals surface area contributed by atoms with Gasteiger partial charge in [-0.3, -0.25) is 24.5 Å². The first-order valence-electron chi connectivity index (χ1n) is 9.73. The Bertz CT molecular complexity index is 1450. The summed E-state index contributed by atoms with van der Waals surface area (Å²) in [5.41, 5.74) is -1.81. The van der Waals surface area contributed by atoms with Gasteiger partial charge < -0.3 is 10.1 Å². The van der Waals surface area contributed by atoms with Gasteiger partial charge in [0, 0.05) is 16.7 Å². The molecule has 1 amide bonds. The Morgan fingerprint density at radius 3 is 2.41 bits per heavy atom. The number of ether oxygens (including phenoxy) is 1. The molecule has 1 unspecified atom stereocenters. The summed E-state index contributed by atoms with van der Waals surface area (Å²) in [6.45, 7) is 1.25. The molecule has 1 aliphatic rings. The molecule has 4 rings (SSSR count). The molecule has 1 atom stereocenters. The summed E-state index contributed by atoms with van der Waals surface area (Å²) in [4.78, 5) is 62.0. The molecule has 0 fully saturated rings. The SMILES string of the molecule is CC(OC(=O)c1ccc2c(c1[N+](=O)[O-])C(=O)c1ccccc1C2=O)C(=O)Nc1sccc1C#N. The number of rotatable bonds is 5. The number of nitro benzene ring substituents is 1. The van der Waals surface area contributed by atoms with Gasteiger partial charge in [-0.2, -0.15) is 5.26 Å². The van der Waals surface area contributed by atoms with Crippen LogP contribution in [0.25, 0.3) is 0 Å². The van der Waals surface area contributed by atoms with Crippen LogP contribution in [-0.4, -0.2) is 34.5 Å². The topological polar surface area (TPSA) is 156 Å². The number of nitrogens with one attached hydrogen (secondary N) is 1. The average Bonchev–Trinajstić information content (AvgIpc) is 3.28. The predicted octanol–water partition coefficient (Wildman–Crippen LogP) is 3.49. The second kappa shape index (κ2) is 8.68. The van der Waals surface area contributed by atoms with E-state index in [0.29, 0.717) is 0 Å². The predicted molar refractivity (Wildman–Crippen MR) is 119 cm³/mol. The maximum Gasteiger partial charge on any atom is 0.345 e. The minimum atomic E-state index is -1.38. The molecule has 3 aromatic rings. The molecule has 1 N–H and O–H groups in total. The Kier molecular flexibility index (Phi) is 5.75. The monoisotopic (exact) mass is 475 g/mol. The van der Waals surface area contributed by atoms with Gasteiger partial charge in [0.05, 0.1) is 10.5 Å². The summed E-state index contributed by atoms with van der Waals surface area (Å²) in [5.74, 6) is -3.32. The van der Waals surface area contributed by atoms with E-state index in [-0.39, 0.29) is 27.3 Å². The van der Waals surface area contributed by atoms with Crippen molar-refractivity contribution in [3.63, 3.8) is 0 Å². The van der Waals surface area contributed by atoms with Crippen LogP contribution in [-0.2, 0) is 9.53 Å². The number of hydrogen-bond acceptors (Lipinski definition) is 9. The maximum absolute atomic E-state index is 13.0. The number of carbonyl (C=O) groups is 4.